The maximum atomic E-state index is 13.2. The molecule has 0 heterocycles. The van der Waals surface area contributed by atoms with Gasteiger partial charge in [0.05, 0.1) is 12.2 Å². The maximum absolute atomic E-state index is 13.2. The molecule has 0 amide bonds. The minimum absolute atomic E-state index is 0.0415. The molecule has 0 atom stereocenters. The average Bonchev–Trinajstić information content (AvgIpc) is 2.18. The number of rotatable bonds is 3. The van der Waals surface area contributed by atoms with E-state index >= 15 is 0 Å². The molecular formula is C10H11F3O. The number of hydrogen-bond acceptors (Lipinski definition) is 1. The summed E-state index contributed by atoms with van der Waals surface area (Å²) in [4.78, 5) is 0. The second-order valence-corrected chi connectivity index (χ2v) is 2.91. The largest absolute Gasteiger partial charge is 0.380 e. The number of benzene rings is 1. The molecule has 0 unspecified atom stereocenters. The molecule has 1 nitrogen and oxygen atoms in total. The third-order valence-corrected chi connectivity index (χ3v) is 2.00. The topological polar surface area (TPSA) is 9.23 Å². The first-order valence-electron chi connectivity index (χ1n) is 4.26. The van der Waals surface area contributed by atoms with Crippen molar-refractivity contribution < 1.29 is 17.9 Å². The second kappa shape index (κ2) is 4.46. The fraction of sp³-hybridized carbons (Fsp3) is 0.400. The van der Waals surface area contributed by atoms with E-state index in [0.717, 1.165) is 6.07 Å². The quantitative estimate of drug-likeness (QED) is 0.688. The molecule has 0 aromatic heterocycles. The van der Waals surface area contributed by atoms with Crippen molar-refractivity contribution >= 4 is 0 Å². The molecule has 0 aliphatic rings. The van der Waals surface area contributed by atoms with Gasteiger partial charge in [-0.25, -0.2) is 13.2 Å². The molecule has 0 fully saturated rings. The van der Waals surface area contributed by atoms with Crippen molar-refractivity contribution in [2.24, 2.45) is 0 Å². The van der Waals surface area contributed by atoms with Gasteiger partial charge in [0.2, 0.25) is 0 Å². The summed E-state index contributed by atoms with van der Waals surface area (Å²) in [6.45, 7) is 1.37. The Bertz CT molecular complexity index is 337. The molecule has 0 spiro atoms. The van der Waals surface area contributed by atoms with Crippen LogP contribution in [0.25, 0.3) is 0 Å². The van der Waals surface area contributed by atoms with Crippen molar-refractivity contribution in [3.63, 3.8) is 0 Å². The molecule has 14 heavy (non-hydrogen) atoms. The predicted molar refractivity (Wildman–Crippen MR) is 46.4 cm³/mol. The highest BCUT2D eigenvalue weighted by Gasteiger charge is 2.17. The van der Waals surface area contributed by atoms with Gasteiger partial charge in [0, 0.05) is 7.11 Å². The summed E-state index contributed by atoms with van der Waals surface area (Å²) >= 11 is 0. The summed E-state index contributed by atoms with van der Waals surface area (Å²) in [5.41, 5.74) is -0.318. The zero-order chi connectivity index (χ0) is 10.7. The summed E-state index contributed by atoms with van der Waals surface area (Å²) in [6.07, 6.45) is 0.257. The molecule has 0 bridgehead atoms. The number of halogens is 3. The first-order valence-corrected chi connectivity index (χ1v) is 4.26. The van der Waals surface area contributed by atoms with Gasteiger partial charge in [0.1, 0.15) is 5.82 Å². The van der Waals surface area contributed by atoms with Crippen molar-refractivity contribution in [3.05, 3.63) is 34.6 Å². The van der Waals surface area contributed by atoms with Crippen LogP contribution < -0.4 is 0 Å². The monoisotopic (exact) mass is 204 g/mol. The Labute approximate surface area is 80.5 Å². The lowest BCUT2D eigenvalue weighted by atomic mass is 10.1. The molecular weight excluding hydrogens is 193 g/mol. The Balaban J connectivity index is 3.26. The molecule has 1 rings (SSSR count). The molecule has 0 N–H and O–H groups in total. The van der Waals surface area contributed by atoms with Crippen LogP contribution in [0.3, 0.4) is 0 Å². The summed E-state index contributed by atoms with van der Waals surface area (Å²) in [5.74, 6) is -2.90. The minimum atomic E-state index is -1.15. The molecule has 0 saturated heterocycles. The third kappa shape index (κ3) is 1.90. The van der Waals surface area contributed by atoms with Crippen LogP contribution in [0.4, 0.5) is 13.2 Å². The Morgan fingerprint density at radius 1 is 1.21 bits per heavy atom. The Kier molecular flexibility index (Phi) is 3.52. The lowest BCUT2D eigenvalue weighted by molar-refractivity contribution is 0.176. The van der Waals surface area contributed by atoms with Crippen LogP contribution in [-0.2, 0) is 17.8 Å². The standard InChI is InChI=1S/C10H11F3O/c1-3-6-4-8(11)7(5-14-2)10(13)9(6)12/h4H,3,5H2,1-2H3. The van der Waals surface area contributed by atoms with Crippen LogP contribution >= 0.6 is 0 Å². The fourth-order valence-corrected chi connectivity index (χ4v) is 1.22. The number of methoxy groups -OCH3 is 1. The smallest absolute Gasteiger partial charge is 0.167 e. The van der Waals surface area contributed by atoms with Crippen molar-refractivity contribution in [3.8, 4) is 0 Å². The van der Waals surface area contributed by atoms with Crippen LogP contribution in [0.1, 0.15) is 18.1 Å². The molecule has 78 valence electrons. The van der Waals surface area contributed by atoms with Gasteiger partial charge in [-0.2, -0.15) is 0 Å². The van der Waals surface area contributed by atoms with E-state index in [-0.39, 0.29) is 24.2 Å². The van der Waals surface area contributed by atoms with E-state index in [1.807, 2.05) is 0 Å². The summed E-state index contributed by atoms with van der Waals surface area (Å²) in [6, 6.07) is 1.01. The highest BCUT2D eigenvalue weighted by molar-refractivity contribution is 5.27. The lowest BCUT2D eigenvalue weighted by Crippen LogP contribution is -2.04. The van der Waals surface area contributed by atoms with Gasteiger partial charge in [-0.3, -0.25) is 0 Å². The van der Waals surface area contributed by atoms with E-state index in [1.54, 1.807) is 6.92 Å². The van der Waals surface area contributed by atoms with Crippen LogP contribution in [0.2, 0.25) is 0 Å². The normalized spacial score (nSPS) is 10.6. The molecule has 0 aliphatic carbocycles. The van der Waals surface area contributed by atoms with Crippen molar-refractivity contribution in [2.45, 2.75) is 20.0 Å². The number of aryl methyl sites for hydroxylation is 1. The summed E-state index contributed by atoms with van der Waals surface area (Å²) in [7, 11) is 1.30. The zero-order valence-electron chi connectivity index (χ0n) is 8.03. The van der Waals surface area contributed by atoms with Gasteiger partial charge in [0.25, 0.3) is 0 Å². The van der Waals surface area contributed by atoms with Gasteiger partial charge in [-0.05, 0) is 18.1 Å². The minimum Gasteiger partial charge on any atom is -0.380 e. The van der Waals surface area contributed by atoms with Crippen molar-refractivity contribution in [1.29, 1.82) is 0 Å². The van der Waals surface area contributed by atoms with Crippen LogP contribution in [0.5, 0.6) is 0 Å². The molecule has 1 aromatic carbocycles. The number of ether oxygens (including phenoxy) is 1. The molecule has 0 saturated carbocycles. The van der Waals surface area contributed by atoms with Gasteiger partial charge in [0.15, 0.2) is 11.6 Å². The zero-order valence-corrected chi connectivity index (χ0v) is 8.03. The first kappa shape index (κ1) is 11.0. The number of hydrogen-bond donors (Lipinski definition) is 0. The third-order valence-electron chi connectivity index (χ3n) is 2.00. The van der Waals surface area contributed by atoms with Gasteiger partial charge >= 0.3 is 0 Å². The SMILES string of the molecule is CCc1cc(F)c(COC)c(F)c1F. The van der Waals surface area contributed by atoms with E-state index < -0.39 is 17.5 Å². The Hall–Kier alpha value is -1.03. The fourth-order valence-electron chi connectivity index (χ4n) is 1.22. The predicted octanol–water partition coefficient (Wildman–Crippen LogP) is 2.81. The van der Waals surface area contributed by atoms with Gasteiger partial charge < -0.3 is 4.74 Å². The Morgan fingerprint density at radius 3 is 2.36 bits per heavy atom. The van der Waals surface area contributed by atoms with E-state index in [2.05, 4.69) is 4.74 Å². The molecule has 0 radical (unpaired) electrons. The van der Waals surface area contributed by atoms with Crippen LogP contribution in [0, 0.1) is 17.5 Å². The van der Waals surface area contributed by atoms with E-state index in [9.17, 15) is 13.2 Å². The van der Waals surface area contributed by atoms with Crippen LogP contribution in [0.15, 0.2) is 6.07 Å². The highest BCUT2D eigenvalue weighted by atomic mass is 19.2. The molecule has 4 heteroatoms. The van der Waals surface area contributed by atoms with Crippen LogP contribution in [-0.4, -0.2) is 7.11 Å². The second-order valence-electron chi connectivity index (χ2n) is 2.91. The first-order chi connectivity index (χ1) is 6.61. The van der Waals surface area contributed by atoms with E-state index in [4.69, 9.17) is 0 Å². The Morgan fingerprint density at radius 2 is 1.86 bits per heavy atom. The highest BCUT2D eigenvalue weighted by Crippen LogP contribution is 2.20. The maximum Gasteiger partial charge on any atom is 0.167 e. The van der Waals surface area contributed by atoms with E-state index in [0.29, 0.717) is 0 Å². The van der Waals surface area contributed by atoms with E-state index in [1.165, 1.54) is 7.11 Å². The van der Waals surface area contributed by atoms with Crippen molar-refractivity contribution in [2.75, 3.05) is 7.11 Å². The average molecular weight is 204 g/mol. The molecule has 1 aromatic rings. The summed E-state index contributed by atoms with van der Waals surface area (Å²) < 4.78 is 44.1. The van der Waals surface area contributed by atoms with Crippen molar-refractivity contribution in [1.82, 2.24) is 0 Å². The van der Waals surface area contributed by atoms with Gasteiger partial charge in [-0.1, -0.05) is 6.92 Å². The summed E-state index contributed by atoms with van der Waals surface area (Å²) in [5, 5.41) is 0. The van der Waals surface area contributed by atoms with Gasteiger partial charge in [-0.15, -0.1) is 0 Å². The lowest BCUT2D eigenvalue weighted by Gasteiger charge is -2.07. The molecule has 0 aliphatic heterocycles.